The minimum atomic E-state index is 0.430. The molecule has 1 aromatic heterocycles. The maximum atomic E-state index is 5.44. The van der Waals surface area contributed by atoms with Gasteiger partial charge in [-0.1, -0.05) is 0 Å². The van der Waals surface area contributed by atoms with Gasteiger partial charge in [-0.2, -0.15) is 0 Å². The van der Waals surface area contributed by atoms with Crippen LogP contribution in [0.25, 0.3) is 0 Å². The lowest BCUT2D eigenvalue weighted by atomic mass is 10.0. The molecule has 0 aliphatic carbocycles. The summed E-state index contributed by atoms with van der Waals surface area (Å²) < 4.78 is 5.44. The number of hydrogen-bond donors (Lipinski definition) is 2. The van der Waals surface area contributed by atoms with Crippen molar-refractivity contribution in [3.05, 3.63) is 18.1 Å². The highest BCUT2D eigenvalue weighted by Crippen LogP contribution is 2.25. The number of rotatable bonds is 4. The number of hydrogen-bond acceptors (Lipinski definition) is 6. The Labute approximate surface area is 119 Å². The minimum absolute atomic E-state index is 0.430. The lowest BCUT2D eigenvalue weighted by Gasteiger charge is -2.24. The summed E-state index contributed by atoms with van der Waals surface area (Å²) >= 11 is 0. The van der Waals surface area contributed by atoms with Crippen LogP contribution < -0.4 is 15.8 Å². The van der Waals surface area contributed by atoms with Crippen LogP contribution in [0.2, 0.25) is 0 Å². The zero-order valence-electron chi connectivity index (χ0n) is 12.2. The van der Waals surface area contributed by atoms with Crippen LogP contribution in [0.15, 0.2) is 12.4 Å². The first-order chi connectivity index (χ1) is 9.74. The van der Waals surface area contributed by atoms with Gasteiger partial charge in [-0.25, -0.2) is 9.97 Å². The fourth-order valence-corrected chi connectivity index (χ4v) is 2.87. The van der Waals surface area contributed by atoms with Gasteiger partial charge < -0.3 is 9.64 Å². The molecule has 3 heterocycles. The Hall–Kier alpha value is -1.24. The fraction of sp³-hybridized carbons (Fsp3) is 0.714. The highest BCUT2D eigenvalue weighted by atomic mass is 16.5. The molecule has 0 bridgehead atoms. The van der Waals surface area contributed by atoms with Gasteiger partial charge in [0.05, 0.1) is 12.3 Å². The van der Waals surface area contributed by atoms with Crippen molar-refractivity contribution < 1.29 is 4.74 Å². The first kappa shape index (κ1) is 13.7. The van der Waals surface area contributed by atoms with Crippen molar-refractivity contribution in [1.82, 2.24) is 20.8 Å². The van der Waals surface area contributed by atoms with Crippen LogP contribution in [0.4, 0.5) is 5.82 Å². The molecule has 0 amide bonds. The van der Waals surface area contributed by atoms with Crippen LogP contribution in [0, 0.1) is 5.92 Å². The van der Waals surface area contributed by atoms with Crippen LogP contribution in [0.5, 0.6) is 0 Å². The predicted molar refractivity (Wildman–Crippen MR) is 77.6 cm³/mol. The molecule has 0 spiro atoms. The lowest BCUT2D eigenvalue weighted by Crippen LogP contribution is -2.34. The number of nitrogens with one attached hydrogen (secondary N) is 2. The molecule has 2 fully saturated rings. The summed E-state index contributed by atoms with van der Waals surface area (Å²) in [6.07, 6.45) is 2.74. The Morgan fingerprint density at radius 1 is 1.45 bits per heavy atom. The van der Waals surface area contributed by atoms with Crippen LogP contribution in [-0.4, -0.2) is 49.4 Å². The van der Waals surface area contributed by atoms with Crippen LogP contribution in [0.3, 0.4) is 0 Å². The zero-order valence-corrected chi connectivity index (χ0v) is 12.2. The molecule has 1 aromatic rings. The van der Waals surface area contributed by atoms with Gasteiger partial charge in [0.15, 0.2) is 0 Å². The van der Waals surface area contributed by atoms with Crippen LogP contribution in [-0.2, 0) is 4.74 Å². The molecular formula is C14H23N5O. The number of ether oxygens (including phenoxy) is 1. The minimum Gasteiger partial charge on any atom is -0.381 e. The van der Waals surface area contributed by atoms with Gasteiger partial charge in [0.2, 0.25) is 0 Å². The number of aromatic nitrogens is 2. The van der Waals surface area contributed by atoms with E-state index in [2.05, 4.69) is 45.8 Å². The standard InChI is InChI=1S/C14H23N5O/c1-10-12(6-17-18-10)7-19(2)14-5-13(15-9-16-14)11-3-4-20-8-11/h5,9-12,17-18H,3-4,6-8H2,1-2H3. The van der Waals surface area contributed by atoms with Gasteiger partial charge in [0.25, 0.3) is 0 Å². The molecule has 2 N–H and O–H groups in total. The van der Waals surface area contributed by atoms with E-state index in [1.807, 2.05) is 0 Å². The van der Waals surface area contributed by atoms with E-state index in [4.69, 9.17) is 4.74 Å². The summed E-state index contributed by atoms with van der Waals surface area (Å²) in [5.41, 5.74) is 7.57. The summed E-state index contributed by atoms with van der Waals surface area (Å²) in [5.74, 6) is 2.02. The highest BCUT2D eigenvalue weighted by molar-refractivity contribution is 5.39. The molecule has 3 rings (SSSR count). The number of hydrazine groups is 1. The number of anilines is 1. The van der Waals surface area contributed by atoms with Crippen molar-refractivity contribution in [2.45, 2.75) is 25.3 Å². The van der Waals surface area contributed by atoms with Crippen LogP contribution >= 0.6 is 0 Å². The third-order valence-corrected chi connectivity index (χ3v) is 4.32. The quantitative estimate of drug-likeness (QED) is 0.837. The van der Waals surface area contributed by atoms with E-state index in [0.29, 0.717) is 17.9 Å². The van der Waals surface area contributed by atoms with Crippen molar-refractivity contribution in [3.8, 4) is 0 Å². The van der Waals surface area contributed by atoms with E-state index in [0.717, 1.165) is 44.2 Å². The molecule has 0 saturated carbocycles. The molecule has 3 atom stereocenters. The second-order valence-corrected chi connectivity index (χ2v) is 5.82. The second-order valence-electron chi connectivity index (χ2n) is 5.82. The van der Waals surface area contributed by atoms with Crippen LogP contribution in [0.1, 0.15) is 25.0 Å². The van der Waals surface area contributed by atoms with Gasteiger partial charge >= 0.3 is 0 Å². The summed E-state index contributed by atoms with van der Waals surface area (Å²) in [7, 11) is 2.10. The Bertz CT molecular complexity index is 449. The van der Waals surface area contributed by atoms with E-state index >= 15 is 0 Å². The molecule has 6 heteroatoms. The normalized spacial score (nSPS) is 29.8. The smallest absolute Gasteiger partial charge is 0.131 e. The molecule has 110 valence electrons. The molecule has 2 saturated heterocycles. The van der Waals surface area contributed by atoms with E-state index in [1.165, 1.54) is 0 Å². The van der Waals surface area contributed by atoms with Gasteiger partial charge in [-0.05, 0) is 13.3 Å². The maximum Gasteiger partial charge on any atom is 0.131 e. The molecule has 6 nitrogen and oxygen atoms in total. The molecule has 0 radical (unpaired) electrons. The van der Waals surface area contributed by atoms with E-state index in [-0.39, 0.29) is 0 Å². The second kappa shape index (κ2) is 6.03. The molecule has 0 aromatic carbocycles. The number of nitrogens with zero attached hydrogens (tertiary/aromatic N) is 3. The van der Waals surface area contributed by atoms with Gasteiger partial charge in [-0.3, -0.25) is 10.9 Å². The van der Waals surface area contributed by atoms with Gasteiger partial charge in [0.1, 0.15) is 12.1 Å². The van der Waals surface area contributed by atoms with Crippen molar-refractivity contribution in [1.29, 1.82) is 0 Å². The first-order valence-electron chi connectivity index (χ1n) is 7.33. The summed E-state index contributed by atoms with van der Waals surface area (Å²) in [4.78, 5) is 11.0. The van der Waals surface area contributed by atoms with Gasteiger partial charge in [0, 0.05) is 50.7 Å². The van der Waals surface area contributed by atoms with E-state index in [1.54, 1.807) is 6.33 Å². The Balaban J connectivity index is 1.67. The monoisotopic (exact) mass is 277 g/mol. The largest absolute Gasteiger partial charge is 0.381 e. The average Bonchev–Trinajstić information content (AvgIpc) is 3.12. The Morgan fingerprint density at radius 3 is 3.05 bits per heavy atom. The van der Waals surface area contributed by atoms with Crippen molar-refractivity contribution in [3.63, 3.8) is 0 Å². The lowest BCUT2D eigenvalue weighted by molar-refractivity contribution is 0.193. The highest BCUT2D eigenvalue weighted by Gasteiger charge is 2.25. The topological polar surface area (TPSA) is 62.3 Å². The van der Waals surface area contributed by atoms with E-state index in [9.17, 15) is 0 Å². The first-order valence-corrected chi connectivity index (χ1v) is 7.33. The fourth-order valence-electron chi connectivity index (χ4n) is 2.87. The average molecular weight is 277 g/mol. The maximum absolute atomic E-state index is 5.44. The van der Waals surface area contributed by atoms with E-state index < -0.39 is 0 Å². The molecule has 3 unspecified atom stereocenters. The summed E-state index contributed by atoms with van der Waals surface area (Å²) in [6.45, 7) is 5.82. The predicted octanol–water partition coefficient (Wildman–Crippen LogP) is 0.529. The summed E-state index contributed by atoms with van der Waals surface area (Å²) in [5, 5.41) is 0. The third kappa shape index (κ3) is 2.92. The van der Waals surface area contributed by atoms with Gasteiger partial charge in [-0.15, -0.1) is 0 Å². The van der Waals surface area contributed by atoms with Crippen molar-refractivity contribution in [2.75, 3.05) is 38.3 Å². The molecular weight excluding hydrogens is 254 g/mol. The summed E-state index contributed by atoms with van der Waals surface area (Å²) in [6, 6.07) is 2.60. The molecule has 2 aliphatic rings. The molecule has 20 heavy (non-hydrogen) atoms. The SMILES string of the molecule is CC1NNCC1CN(C)c1cc(C2CCOC2)ncn1. The third-order valence-electron chi connectivity index (χ3n) is 4.32. The Morgan fingerprint density at radius 2 is 2.35 bits per heavy atom. The van der Waals surface area contributed by atoms with Crippen molar-refractivity contribution in [2.24, 2.45) is 5.92 Å². The molecule has 2 aliphatic heterocycles. The van der Waals surface area contributed by atoms with Crippen molar-refractivity contribution >= 4 is 5.82 Å². The Kier molecular flexibility index (Phi) is 4.14. The zero-order chi connectivity index (χ0) is 13.9.